The Labute approximate surface area is 188 Å². The van der Waals surface area contributed by atoms with E-state index in [1.54, 1.807) is 0 Å². The number of hydrogen-bond donors (Lipinski definition) is 1. The standard InChI is InChI=1S/C26H44N4O/c1-6-26(31)14-13-24(4)19(15-26)7-8-20-22-10-9-21(25(22,5)12-11-23(20)24)17(2)16-30-28-18(3)27-29-30/h17,19-23,31H,6-16H2,1-5H3/t17-,19-,20+,21-,22+,23+,24+,25-,26-/m1/s1. The second kappa shape index (κ2) is 7.53. The first-order valence-electron chi connectivity index (χ1n) is 13.2. The Balaban J connectivity index is 1.33. The highest BCUT2D eigenvalue weighted by Gasteiger charge is 2.61. The molecule has 1 heterocycles. The van der Waals surface area contributed by atoms with Gasteiger partial charge in [-0.15, -0.1) is 10.2 Å². The van der Waals surface area contributed by atoms with Gasteiger partial charge < -0.3 is 5.11 Å². The third-order valence-corrected chi connectivity index (χ3v) is 11.2. The van der Waals surface area contributed by atoms with Gasteiger partial charge in [0.25, 0.3) is 0 Å². The summed E-state index contributed by atoms with van der Waals surface area (Å²) in [6, 6.07) is 0. The van der Waals surface area contributed by atoms with Crippen LogP contribution in [0.15, 0.2) is 0 Å². The van der Waals surface area contributed by atoms with Crippen molar-refractivity contribution in [3.8, 4) is 0 Å². The summed E-state index contributed by atoms with van der Waals surface area (Å²) in [5.41, 5.74) is 0.539. The van der Waals surface area contributed by atoms with Gasteiger partial charge in [0.1, 0.15) is 0 Å². The molecule has 31 heavy (non-hydrogen) atoms. The number of aliphatic hydroxyl groups is 1. The van der Waals surface area contributed by atoms with Crippen LogP contribution >= 0.6 is 0 Å². The van der Waals surface area contributed by atoms with Crippen LogP contribution in [-0.2, 0) is 6.54 Å². The Kier molecular flexibility index (Phi) is 5.31. The maximum absolute atomic E-state index is 11.0. The Morgan fingerprint density at radius 3 is 2.52 bits per heavy atom. The molecule has 0 amide bonds. The molecule has 1 aromatic heterocycles. The normalized spacial score (nSPS) is 48.0. The zero-order chi connectivity index (χ0) is 22.0. The van der Waals surface area contributed by atoms with Gasteiger partial charge in [-0.1, -0.05) is 27.7 Å². The summed E-state index contributed by atoms with van der Waals surface area (Å²) in [4.78, 5) is 1.82. The Bertz CT molecular complexity index is 809. The van der Waals surface area contributed by atoms with Crippen molar-refractivity contribution in [3.63, 3.8) is 0 Å². The van der Waals surface area contributed by atoms with Crippen LogP contribution in [0.4, 0.5) is 0 Å². The molecule has 5 nitrogen and oxygen atoms in total. The molecule has 4 aliphatic rings. The van der Waals surface area contributed by atoms with E-state index in [4.69, 9.17) is 0 Å². The summed E-state index contributed by atoms with van der Waals surface area (Å²) >= 11 is 0. The second-order valence-corrected chi connectivity index (χ2v) is 12.5. The van der Waals surface area contributed by atoms with Gasteiger partial charge in [-0.25, -0.2) is 0 Å². The topological polar surface area (TPSA) is 63.8 Å². The van der Waals surface area contributed by atoms with Gasteiger partial charge in [0, 0.05) is 0 Å². The van der Waals surface area contributed by atoms with E-state index in [0.29, 0.717) is 16.7 Å². The Morgan fingerprint density at radius 1 is 1.03 bits per heavy atom. The monoisotopic (exact) mass is 428 g/mol. The predicted octanol–water partition coefficient (Wildman–Crippen LogP) is 5.42. The lowest BCUT2D eigenvalue weighted by Gasteiger charge is -2.62. The summed E-state index contributed by atoms with van der Waals surface area (Å²) in [5.74, 6) is 5.53. The number of nitrogens with zero attached hydrogens (tertiary/aromatic N) is 4. The van der Waals surface area contributed by atoms with Crippen LogP contribution in [0.2, 0.25) is 0 Å². The third-order valence-electron chi connectivity index (χ3n) is 11.2. The number of aromatic nitrogens is 4. The lowest BCUT2D eigenvalue weighted by Crippen LogP contribution is -2.56. The number of tetrazole rings is 1. The second-order valence-electron chi connectivity index (χ2n) is 12.5. The molecule has 0 saturated heterocycles. The van der Waals surface area contributed by atoms with Crippen molar-refractivity contribution in [1.29, 1.82) is 0 Å². The van der Waals surface area contributed by atoms with Gasteiger partial charge in [0.15, 0.2) is 5.82 Å². The fourth-order valence-corrected chi connectivity index (χ4v) is 9.40. The van der Waals surface area contributed by atoms with Crippen molar-refractivity contribution in [2.45, 2.75) is 111 Å². The van der Waals surface area contributed by atoms with Gasteiger partial charge in [0.2, 0.25) is 0 Å². The molecule has 0 bridgehead atoms. The molecule has 4 saturated carbocycles. The molecule has 0 radical (unpaired) electrons. The molecule has 1 N–H and O–H groups in total. The SMILES string of the molecule is CC[C@@]1(O)CC[C@@]2(C)[C@H](CC[C@@H]3[C@@H]2CC[C@]2(C)[C@@H]([C@H](C)Cn4nnc(C)n4)CC[C@@H]32)C1. The molecule has 0 aromatic carbocycles. The maximum Gasteiger partial charge on any atom is 0.171 e. The van der Waals surface area contributed by atoms with E-state index in [1.165, 1.54) is 44.9 Å². The van der Waals surface area contributed by atoms with Crippen LogP contribution < -0.4 is 0 Å². The van der Waals surface area contributed by atoms with Crippen molar-refractivity contribution in [3.05, 3.63) is 5.82 Å². The summed E-state index contributed by atoms with van der Waals surface area (Å²) in [5, 5.41) is 23.8. The van der Waals surface area contributed by atoms with Crippen molar-refractivity contribution >= 4 is 0 Å². The number of hydrogen-bond acceptors (Lipinski definition) is 4. The van der Waals surface area contributed by atoms with Crippen molar-refractivity contribution in [1.82, 2.24) is 20.2 Å². The van der Waals surface area contributed by atoms with E-state index in [9.17, 15) is 5.11 Å². The van der Waals surface area contributed by atoms with Crippen molar-refractivity contribution in [2.24, 2.45) is 46.3 Å². The zero-order valence-corrected chi connectivity index (χ0v) is 20.5. The van der Waals surface area contributed by atoms with E-state index in [2.05, 4.69) is 43.1 Å². The first kappa shape index (κ1) is 21.9. The predicted molar refractivity (Wildman–Crippen MR) is 122 cm³/mol. The molecule has 9 atom stereocenters. The summed E-state index contributed by atoms with van der Waals surface area (Å²) in [7, 11) is 0. The number of fused-ring (bicyclic) bond motifs is 5. The maximum atomic E-state index is 11.0. The molecule has 1 aromatic rings. The Hall–Kier alpha value is -0.970. The van der Waals surface area contributed by atoms with E-state index in [0.717, 1.165) is 61.2 Å². The Morgan fingerprint density at radius 2 is 1.81 bits per heavy atom. The van der Waals surface area contributed by atoms with Gasteiger partial charge in [-0.2, -0.15) is 4.80 Å². The first-order valence-corrected chi connectivity index (χ1v) is 13.2. The van der Waals surface area contributed by atoms with Crippen LogP contribution in [0.1, 0.15) is 97.7 Å². The molecule has 174 valence electrons. The molecule has 4 fully saturated rings. The molecule has 5 rings (SSSR count). The quantitative estimate of drug-likeness (QED) is 0.696. The van der Waals surface area contributed by atoms with Gasteiger partial charge in [-0.05, 0) is 123 Å². The van der Waals surface area contributed by atoms with Crippen LogP contribution in [0.25, 0.3) is 0 Å². The molecular formula is C26H44N4O. The van der Waals surface area contributed by atoms with Crippen LogP contribution in [0.5, 0.6) is 0 Å². The molecule has 4 aliphatic carbocycles. The summed E-state index contributed by atoms with van der Waals surface area (Å²) < 4.78 is 0. The van der Waals surface area contributed by atoms with Gasteiger partial charge in [-0.3, -0.25) is 0 Å². The number of rotatable bonds is 4. The van der Waals surface area contributed by atoms with Crippen molar-refractivity contribution in [2.75, 3.05) is 0 Å². The lowest BCUT2D eigenvalue weighted by atomic mass is 9.43. The van der Waals surface area contributed by atoms with Crippen molar-refractivity contribution < 1.29 is 5.11 Å². The fourth-order valence-electron chi connectivity index (χ4n) is 9.40. The lowest BCUT2D eigenvalue weighted by molar-refractivity contribution is -0.152. The van der Waals surface area contributed by atoms with Crippen LogP contribution in [0.3, 0.4) is 0 Å². The molecular weight excluding hydrogens is 384 g/mol. The molecule has 5 heteroatoms. The average molecular weight is 429 g/mol. The minimum Gasteiger partial charge on any atom is -0.390 e. The first-order chi connectivity index (χ1) is 14.7. The molecule has 0 aliphatic heterocycles. The highest BCUT2D eigenvalue weighted by Crippen LogP contribution is 2.68. The van der Waals surface area contributed by atoms with Gasteiger partial charge in [0.05, 0.1) is 12.1 Å². The smallest absolute Gasteiger partial charge is 0.171 e. The average Bonchev–Trinajstić information content (AvgIpc) is 3.31. The minimum atomic E-state index is -0.387. The highest BCUT2D eigenvalue weighted by molar-refractivity contribution is 5.10. The zero-order valence-electron chi connectivity index (χ0n) is 20.5. The van der Waals surface area contributed by atoms with Crippen LogP contribution in [-0.4, -0.2) is 30.9 Å². The van der Waals surface area contributed by atoms with E-state index in [-0.39, 0.29) is 5.60 Å². The van der Waals surface area contributed by atoms with E-state index in [1.807, 2.05) is 11.7 Å². The van der Waals surface area contributed by atoms with E-state index >= 15 is 0 Å². The molecule has 0 spiro atoms. The third kappa shape index (κ3) is 3.40. The molecule has 0 unspecified atom stereocenters. The van der Waals surface area contributed by atoms with E-state index < -0.39 is 0 Å². The highest BCUT2D eigenvalue weighted by atomic mass is 16.3. The minimum absolute atomic E-state index is 0.387. The fraction of sp³-hybridized carbons (Fsp3) is 0.962. The van der Waals surface area contributed by atoms with Crippen LogP contribution in [0, 0.1) is 53.3 Å². The largest absolute Gasteiger partial charge is 0.390 e. The summed E-state index contributed by atoms with van der Waals surface area (Å²) in [6.07, 6.45) is 12.5. The summed E-state index contributed by atoms with van der Waals surface area (Å²) in [6.45, 7) is 12.7. The van der Waals surface area contributed by atoms with Gasteiger partial charge >= 0.3 is 0 Å². The number of aryl methyl sites for hydroxylation is 1.